The number of amides is 1. The first-order chi connectivity index (χ1) is 12.1. The Hall–Kier alpha value is -1.94. The molecule has 0 aliphatic rings. The van der Waals surface area contributed by atoms with Crippen molar-refractivity contribution in [2.24, 2.45) is 0 Å². The summed E-state index contributed by atoms with van der Waals surface area (Å²) in [7, 11) is 1.62. The molecule has 0 aromatic carbocycles. The minimum absolute atomic E-state index is 0. The van der Waals surface area contributed by atoms with E-state index in [-0.39, 0.29) is 47.3 Å². The molecular weight excluding hydrogens is 397 g/mol. The molecule has 0 unspecified atom stereocenters. The number of ether oxygens (including phenoxy) is 1. The molecular formula is C16H25Cl2N5O4. The molecule has 3 N–H and O–H groups in total. The normalized spacial score (nSPS) is 10.1. The molecule has 0 saturated carbocycles. The number of rotatable bonds is 9. The maximum absolute atomic E-state index is 12.2. The van der Waals surface area contributed by atoms with Gasteiger partial charge in [0.2, 0.25) is 0 Å². The van der Waals surface area contributed by atoms with Gasteiger partial charge in [-0.05, 0) is 12.5 Å². The third-order valence-corrected chi connectivity index (χ3v) is 3.61. The Morgan fingerprint density at radius 1 is 1.26 bits per heavy atom. The van der Waals surface area contributed by atoms with Crippen LogP contribution in [0, 0.1) is 0 Å². The first-order valence-corrected chi connectivity index (χ1v) is 8.19. The Labute approximate surface area is 168 Å². The number of nitrogens with zero attached hydrogens (tertiary/aromatic N) is 2. The van der Waals surface area contributed by atoms with Crippen LogP contribution in [0.1, 0.15) is 23.7 Å². The largest absolute Gasteiger partial charge is 0.383 e. The van der Waals surface area contributed by atoms with Crippen LogP contribution in [0.3, 0.4) is 0 Å². The fourth-order valence-corrected chi connectivity index (χ4v) is 2.39. The molecule has 11 heteroatoms. The molecule has 0 radical (unpaired) electrons. The Bertz CT molecular complexity index is 853. The van der Waals surface area contributed by atoms with Gasteiger partial charge in [0, 0.05) is 39.5 Å². The minimum atomic E-state index is -0.546. The summed E-state index contributed by atoms with van der Waals surface area (Å²) in [5, 5.41) is 6.08. The molecule has 9 nitrogen and oxygen atoms in total. The van der Waals surface area contributed by atoms with Crippen molar-refractivity contribution in [1.29, 1.82) is 0 Å². The number of hydrogen-bond donors (Lipinski definition) is 3. The highest BCUT2D eigenvalue weighted by molar-refractivity contribution is 5.96. The number of halogens is 2. The first kappa shape index (κ1) is 25.1. The summed E-state index contributed by atoms with van der Waals surface area (Å²) in [5.74, 6) is -0.324. The Kier molecular flexibility index (Phi) is 11.6. The van der Waals surface area contributed by atoms with Crippen LogP contribution < -0.4 is 21.9 Å². The van der Waals surface area contributed by atoms with E-state index in [1.165, 1.54) is 16.8 Å². The predicted octanol–water partition coefficient (Wildman–Crippen LogP) is 0.304. The van der Waals surface area contributed by atoms with Crippen LogP contribution in [-0.4, -0.2) is 53.8 Å². The SMILES string of the molecule is CCCn1c(=O)[nH]c(=O)c2cc(C(=O)NCCNCCOC)cnc21.Cl.Cl. The number of pyridine rings is 1. The summed E-state index contributed by atoms with van der Waals surface area (Å²) < 4.78 is 6.31. The first-order valence-electron chi connectivity index (χ1n) is 8.19. The molecule has 2 aromatic heterocycles. The summed E-state index contributed by atoms with van der Waals surface area (Å²) >= 11 is 0. The minimum Gasteiger partial charge on any atom is -0.383 e. The molecule has 152 valence electrons. The number of methoxy groups -OCH3 is 1. The second kappa shape index (κ2) is 12.4. The van der Waals surface area contributed by atoms with E-state index in [1.807, 2.05) is 6.92 Å². The molecule has 1 amide bonds. The quantitative estimate of drug-likeness (QED) is 0.501. The van der Waals surface area contributed by atoms with E-state index < -0.39 is 11.2 Å². The third-order valence-electron chi connectivity index (χ3n) is 3.61. The molecule has 2 heterocycles. The van der Waals surface area contributed by atoms with Gasteiger partial charge in [0.05, 0.1) is 17.6 Å². The van der Waals surface area contributed by atoms with E-state index in [2.05, 4.69) is 20.6 Å². The van der Waals surface area contributed by atoms with Crippen molar-refractivity contribution in [2.45, 2.75) is 19.9 Å². The number of fused-ring (bicyclic) bond motifs is 1. The number of aromatic nitrogens is 3. The van der Waals surface area contributed by atoms with Crippen LogP contribution in [0.5, 0.6) is 0 Å². The molecule has 0 bridgehead atoms. The van der Waals surface area contributed by atoms with Crippen LogP contribution in [0.25, 0.3) is 11.0 Å². The second-order valence-corrected chi connectivity index (χ2v) is 5.50. The highest BCUT2D eigenvalue weighted by Crippen LogP contribution is 2.08. The van der Waals surface area contributed by atoms with E-state index in [0.29, 0.717) is 32.8 Å². The lowest BCUT2D eigenvalue weighted by Crippen LogP contribution is -2.34. The molecule has 0 saturated heterocycles. The molecule has 0 fully saturated rings. The Morgan fingerprint density at radius 3 is 2.67 bits per heavy atom. The van der Waals surface area contributed by atoms with E-state index in [9.17, 15) is 14.4 Å². The average Bonchev–Trinajstić information content (AvgIpc) is 2.61. The lowest BCUT2D eigenvalue weighted by Gasteiger charge is -2.09. The summed E-state index contributed by atoms with van der Waals surface area (Å²) in [6, 6.07) is 1.46. The zero-order valence-electron chi connectivity index (χ0n) is 15.2. The van der Waals surface area contributed by atoms with Crippen LogP contribution in [0.2, 0.25) is 0 Å². The van der Waals surface area contributed by atoms with Gasteiger partial charge >= 0.3 is 5.69 Å². The Morgan fingerprint density at radius 2 is 2.00 bits per heavy atom. The molecule has 2 aromatic rings. The van der Waals surface area contributed by atoms with Gasteiger partial charge in [0.25, 0.3) is 11.5 Å². The van der Waals surface area contributed by atoms with Gasteiger partial charge in [0.15, 0.2) is 0 Å². The van der Waals surface area contributed by atoms with Crippen molar-refractivity contribution in [2.75, 3.05) is 33.4 Å². The molecule has 0 spiro atoms. The third kappa shape index (κ3) is 6.62. The highest BCUT2D eigenvalue weighted by atomic mass is 35.5. The second-order valence-electron chi connectivity index (χ2n) is 5.50. The summed E-state index contributed by atoms with van der Waals surface area (Å²) in [4.78, 5) is 42.5. The predicted molar refractivity (Wildman–Crippen MR) is 108 cm³/mol. The van der Waals surface area contributed by atoms with Gasteiger partial charge in [0.1, 0.15) is 5.65 Å². The van der Waals surface area contributed by atoms with Crippen LogP contribution in [-0.2, 0) is 11.3 Å². The number of carbonyl (C=O) groups excluding carboxylic acids is 1. The zero-order valence-corrected chi connectivity index (χ0v) is 16.9. The fraction of sp³-hybridized carbons (Fsp3) is 0.500. The van der Waals surface area contributed by atoms with Gasteiger partial charge in [-0.15, -0.1) is 24.8 Å². The summed E-state index contributed by atoms with van der Waals surface area (Å²) in [6.45, 7) is 4.71. The topological polar surface area (TPSA) is 118 Å². The van der Waals surface area contributed by atoms with Gasteiger partial charge in [-0.3, -0.25) is 19.1 Å². The number of hydrogen-bond acceptors (Lipinski definition) is 6. The van der Waals surface area contributed by atoms with Gasteiger partial charge < -0.3 is 15.4 Å². The molecule has 0 atom stereocenters. The summed E-state index contributed by atoms with van der Waals surface area (Å²) in [6.07, 6.45) is 2.10. The maximum Gasteiger partial charge on any atom is 0.329 e. The lowest BCUT2D eigenvalue weighted by atomic mass is 10.2. The number of nitrogens with one attached hydrogen (secondary N) is 3. The van der Waals surface area contributed by atoms with Gasteiger partial charge in [-0.25, -0.2) is 9.78 Å². The van der Waals surface area contributed by atoms with Crippen LogP contribution in [0.4, 0.5) is 0 Å². The number of carbonyl (C=O) groups is 1. The lowest BCUT2D eigenvalue weighted by molar-refractivity contribution is 0.0953. The monoisotopic (exact) mass is 421 g/mol. The number of H-pyrrole nitrogens is 1. The van der Waals surface area contributed by atoms with Crippen LogP contribution in [0.15, 0.2) is 21.9 Å². The van der Waals surface area contributed by atoms with E-state index in [0.717, 1.165) is 6.42 Å². The van der Waals surface area contributed by atoms with Crippen molar-refractivity contribution in [3.63, 3.8) is 0 Å². The van der Waals surface area contributed by atoms with Gasteiger partial charge in [-0.1, -0.05) is 6.92 Å². The standard InChI is InChI=1S/C16H23N5O4.2ClH/c1-3-7-21-13-12(15(23)20-16(21)24)9-11(10-19-13)14(22)18-5-4-17-6-8-25-2;;/h9-10,17H,3-8H2,1-2H3,(H,18,22)(H,20,23,24);2*1H. The van der Waals surface area contributed by atoms with Crippen molar-refractivity contribution in [3.05, 3.63) is 38.7 Å². The molecule has 0 aliphatic carbocycles. The van der Waals surface area contributed by atoms with Crippen molar-refractivity contribution < 1.29 is 9.53 Å². The van der Waals surface area contributed by atoms with Crippen molar-refractivity contribution >= 4 is 41.8 Å². The highest BCUT2D eigenvalue weighted by Gasteiger charge is 2.12. The Balaban J connectivity index is 0.00000338. The molecule has 0 aliphatic heterocycles. The average molecular weight is 422 g/mol. The summed E-state index contributed by atoms with van der Waals surface area (Å²) in [5.41, 5.74) is -0.480. The fourth-order valence-electron chi connectivity index (χ4n) is 2.39. The van der Waals surface area contributed by atoms with Crippen molar-refractivity contribution in [3.8, 4) is 0 Å². The maximum atomic E-state index is 12.2. The number of aromatic amines is 1. The van der Waals surface area contributed by atoms with Crippen LogP contribution >= 0.6 is 24.8 Å². The van der Waals surface area contributed by atoms with Crippen molar-refractivity contribution in [1.82, 2.24) is 25.2 Å². The van der Waals surface area contributed by atoms with Gasteiger partial charge in [-0.2, -0.15) is 0 Å². The zero-order chi connectivity index (χ0) is 18.2. The van der Waals surface area contributed by atoms with E-state index in [4.69, 9.17) is 4.74 Å². The number of aryl methyl sites for hydroxylation is 1. The molecule has 27 heavy (non-hydrogen) atoms. The smallest absolute Gasteiger partial charge is 0.329 e. The van der Waals surface area contributed by atoms with E-state index in [1.54, 1.807) is 7.11 Å². The molecule has 2 rings (SSSR count). The van der Waals surface area contributed by atoms with E-state index >= 15 is 0 Å².